The van der Waals surface area contributed by atoms with Crippen molar-refractivity contribution in [2.24, 2.45) is 0 Å². The molecule has 1 fully saturated rings. The van der Waals surface area contributed by atoms with Crippen LogP contribution in [0.1, 0.15) is 11.6 Å². The lowest BCUT2D eigenvalue weighted by molar-refractivity contribution is -0.143. The molecule has 3 rings (SSSR count). The van der Waals surface area contributed by atoms with Crippen LogP contribution in [0.15, 0.2) is 54.6 Å². The maximum absolute atomic E-state index is 11.8. The third-order valence-electron chi connectivity index (χ3n) is 4.55. The van der Waals surface area contributed by atoms with Gasteiger partial charge in [-0.15, -0.1) is 0 Å². The van der Waals surface area contributed by atoms with Crippen molar-refractivity contribution in [2.45, 2.75) is 6.04 Å². The van der Waals surface area contributed by atoms with Crippen LogP contribution in [0.4, 0.5) is 11.4 Å². The van der Waals surface area contributed by atoms with Gasteiger partial charge >= 0.3 is 5.97 Å². The van der Waals surface area contributed by atoms with E-state index in [1.165, 1.54) is 5.69 Å². The Bertz CT molecular complexity index is 665. The van der Waals surface area contributed by atoms with Gasteiger partial charge in [0.05, 0.1) is 0 Å². The molecule has 24 heavy (non-hydrogen) atoms. The van der Waals surface area contributed by atoms with E-state index >= 15 is 0 Å². The van der Waals surface area contributed by atoms with Gasteiger partial charge in [-0.2, -0.15) is 0 Å². The minimum atomic E-state index is -0.784. The molecule has 0 saturated carbocycles. The maximum Gasteiger partial charge on any atom is 0.325 e. The van der Waals surface area contributed by atoms with Gasteiger partial charge in [0, 0.05) is 44.6 Å². The van der Waals surface area contributed by atoms with Crippen molar-refractivity contribution in [3.8, 4) is 0 Å². The highest BCUT2D eigenvalue weighted by Crippen LogP contribution is 2.25. The van der Waals surface area contributed by atoms with Gasteiger partial charge in [0.25, 0.3) is 0 Å². The molecular formula is C19H23N3O2. The van der Waals surface area contributed by atoms with Crippen molar-refractivity contribution in [3.05, 3.63) is 60.2 Å². The highest BCUT2D eigenvalue weighted by molar-refractivity contribution is 5.75. The summed E-state index contributed by atoms with van der Waals surface area (Å²) in [5, 5.41) is 12.8. The van der Waals surface area contributed by atoms with E-state index in [-0.39, 0.29) is 0 Å². The molecule has 1 heterocycles. The van der Waals surface area contributed by atoms with E-state index in [0.29, 0.717) is 0 Å². The van der Waals surface area contributed by atoms with Crippen LogP contribution in [-0.4, -0.2) is 49.2 Å². The van der Waals surface area contributed by atoms with Crippen molar-refractivity contribution in [3.63, 3.8) is 0 Å². The molecule has 0 aromatic heterocycles. The molecule has 0 bridgehead atoms. The van der Waals surface area contributed by atoms with Gasteiger partial charge in [0.1, 0.15) is 6.04 Å². The molecule has 0 amide bonds. The van der Waals surface area contributed by atoms with Gasteiger partial charge in [0.15, 0.2) is 0 Å². The number of aliphatic carboxylic acids is 1. The fourth-order valence-corrected chi connectivity index (χ4v) is 3.22. The maximum atomic E-state index is 11.8. The summed E-state index contributed by atoms with van der Waals surface area (Å²) >= 11 is 0. The predicted octanol–water partition coefficient (Wildman–Crippen LogP) is 2.68. The average molecular weight is 325 g/mol. The molecule has 1 unspecified atom stereocenters. The number of rotatable bonds is 5. The first-order valence-corrected chi connectivity index (χ1v) is 8.23. The molecule has 5 nitrogen and oxygen atoms in total. The normalized spacial score (nSPS) is 16.6. The van der Waals surface area contributed by atoms with Crippen LogP contribution in [-0.2, 0) is 4.79 Å². The van der Waals surface area contributed by atoms with E-state index in [9.17, 15) is 9.90 Å². The minimum Gasteiger partial charge on any atom is -0.480 e. The second-order valence-corrected chi connectivity index (χ2v) is 5.97. The summed E-state index contributed by atoms with van der Waals surface area (Å²) in [7, 11) is 1.91. The molecule has 0 spiro atoms. The summed E-state index contributed by atoms with van der Waals surface area (Å²) in [6.45, 7) is 3.13. The zero-order chi connectivity index (χ0) is 16.9. The molecular weight excluding hydrogens is 302 g/mol. The highest BCUT2D eigenvalue weighted by Gasteiger charge is 2.30. The van der Waals surface area contributed by atoms with E-state index in [2.05, 4.69) is 39.4 Å². The van der Waals surface area contributed by atoms with Crippen molar-refractivity contribution in [1.29, 1.82) is 0 Å². The number of nitrogens with one attached hydrogen (secondary N) is 1. The number of piperazine rings is 1. The summed E-state index contributed by atoms with van der Waals surface area (Å²) in [5.41, 5.74) is 3.12. The predicted molar refractivity (Wildman–Crippen MR) is 96.6 cm³/mol. The Balaban J connectivity index is 1.67. The third-order valence-corrected chi connectivity index (χ3v) is 4.55. The third kappa shape index (κ3) is 3.51. The summed E-state index contributed by atoms with van der Waals surface area (Å²) in [6.07, 6.45) is 0. The lowest BCUT2D eigenvalue weighted by Gasteiger charge is -2.39. The summed E-state index contributed by atoms with van der Waals surface area (Å²) in [5.74, 6) is -0.784. The number of hydrogen-bond donors (Lipinski definition) is 2. The van der Waals surface area contributed by atoms with Gasteiger partial charge in [0.2, 0.25) is 0 Å². The molecule has 0 radical (unpaired) electrons. The topological polar surface area (TPSA) is 55.8 Å². The molecule has 1 saturated heterocycles. The van der Waals surface area contributed by atoms with Gasteiger partial charge in [-0.25, -0.2) is 0 Å². The molecule has 0 aliphatic carbocycles. The number of carboxylic acids is 1. The highest BCUT2D eigenvalue weighted by atomic mass is 16.4. The van der Waals surface area contributed by atoms with Gasteiger partial charge < -0.3 is 15.3 Å². The zero-order valence-corrected chi connectivity index (χ0v) is 13.9. The zero-order valence-electron chi connectivity index (χ0n) is 13.9. The lowest BCUT2D eigenvalue weighted by atomic mass is 10.0. The summed E-state index contributed by atoms with van der Waals surface area (Å²) < 4.78 is 0. The number of hydrogen-bond acceptors (Lipinski definition) is 4. The standard InChI is InChI=1S/C19H23N3O2/c1-20-16-7-9-17(10-8-16)21-11-13-22(14-12-21)18(19(23)24)15-5-3-2-4-6-15/h2-10,18,20H,11-14H2,1H3,(H,23,24). The van der Waals surface area contributed by atoms with Gasteiger partial charge in [-0.1, -0.05) is 30.3 Å². The first-order valence-electron chi connectivity index (χ1n) is 8.23. The summed E-state index contributed by atoms with van der Waals surface area (Å²) in [6, 6.07) is 17.2. The van der Waals surface area contributed by atoms with Crippen LogP contribution in [0.2, 0.25) is 0 Å². The van der Waals surface area contributed by atoms with Crippen molar-refractivity contribution < 1.29 is 9.90 Å². The summed E-state index contributed by atoms with van der Waals surface area (Å²) in [4.78, 5) is 16.1. The van der Waals surface area contributed by atoms with E-state index in [1.54, 1.807) is 0 Å². The largest absolute Gasteiger partial charge is 0.480 e. The van der Waals surface area contributed by atoms with Crippen molar-refractivity contribution in [2.75, 3.05) is 43.4 Å². The molecule has 126 valence electrons. The van der Waals surface area contributed by atoms with Crippen LogP contribution in [0.5, 0.6) is 0 Å². The molecule has 2 N–H and O–H groups in total. The van der Waals surface area contributed by atoms with Crippen molar-refractivity contribution in [1.82, 2.24) is 4.90 Å². The van der Waals surface area contributed by atoms with Crippen LogP contribution >= 0.6 is 0 Å². The monoisotopic (exact) mass is 325 g/mol. The van der Waals surface area contributed by atoms with E-state index in [0.717, 1.165) is 37.4 Å². The first-order chi connectivity index (χ1) is 11.7. The van der Waals surface area contributed by atoms with E-state index < -0.39 is 12.0 Å². The lowest BCUT2D eigenvalue weighted by Crippen LogP contribution is -2.49. The number of nitrogens with zero attached hydrogens (tertiary/aromatic N) is 2. The second-order valence-electron chi connectivity index (χ2n) is 5.97. The fourth-order valence-electron chi connectivity index (χ4n) is 3.22. The molecule has 1 aliphatic heterocycles. The van der Waals surface area contributed by atoms with Crippen LogP contribution in [0.25, 0.3) is 0 Å². The average Bonchev–Trinajstić information content (AvgIpc) is 2.63. The molecule has 1 atom stereocenters. The Morgan fingerprint density at radius 3 is 2.17 bits per heavy atom. The van der Waals surface area contributed by atoms with Gasteiger partial charge in [-0.3, -0.25) is 9.69 Å². The van der Waals surface area contributed by atoms with Crippen LogP contribution in [0.3, 0.4) is 0 Å². The molecule has 2 aromatic carbocycles. The quantitative estimate of drug-likeness (QED) is 0.885. The number of carbonyl (C=O) groups is 1. The number of benzene rings is 2. The Hall–Kier alpha value is -2.53. The van der Waals surface area contributed by atoms with Gasteiger partial charge in [-0.05, 0) is 29.8 Å². The van der Waals surface area contributed by atoms with E-state index in [1.807, 2.05) is 37.4 Å². The fraction of sp³-hybridized carbons (Fsp3) is 0.316. The Morgan fingerprint density at radius 1 is 1.00 bits per heavy atom. The smallest absolute Gasteiger partial charge is 0.325 e. The van der Waals surface area contributed by atoms with Crippen LogP contribution in [0, 0.1) is 0 Å². The molecule has 1 aliphatic rings. The van der Waals surface area contributed by atoms with Crippen molar-refractivity contribution >= 4 is 17.3 Å². The number of carboxylic acid groups (broad SMARTS) is 1. The first kappa shape index (κ1) is 16.3. The Labute approximate surface area is 142 Å². The molecule has 2 aromatic rings. The minimum absolute atomic E-state index is 0.569. The van der Waals surface area contributed by atoms with Crippen LogP contribution < -0.4 is 10.2 Å². The second kappa shape index (κ2) is 7.36. The SMILES string of the molecule is CNc1ccc(N2CCN(C(C(=O)O)c3ccccc3)CC2)cc1. The Morgan fingerprint density at radius 2 is 1.62 bits per heavy atom. The van der Waals surface area contributed by atoms with E-state index in [4.69, 9.17) is 0 Å². The Kier molecular flexibility index (Phi) is 5.01. The molecule has 5 heteroatoms. The number of anilines is 2.